The molecule has 7 heteroatoms. The number of carbonyl (C=O) groups excluding carboxylic acids is 2. The van der Waals surface area contributed by atoms with Crippen LogP contribution in [-0.2, 0) is 15.0 Å². The number of ketones is 1. The van der Waals surface area contributed by atoms with Gasteiger partial charge in [-0.25, -0.2) is 0 Å². The van der Waals surface area contributed by atoms with E-state index >= 15 is 0 Å². The number of aliphatic hydroxyl groups is 1. The minimum Gasteiger partial charge on any atom is -0.507 e. The number of methoxy groups -OCH3 is 1. The SMILES string of the molecule is COc1ccc(C(O)=C2C(=O)C(=O)N(CCCN(C)C)[C@H]2c2ccc(C(C)(C)C)cc2)c(O)c1. The van der Waals surface area contributed by atoms with E-state index in [1.54, 1.807) is 6.07 Å². The number of nitrogens with zero attached hydrogens (tertiary/aromatic N) is 2. The minimum atomic E-state index is -0.762. The van der Waals surface area contributed by atoms with Crippen LogP contribution in [-0.4, -0.2) is 66.0 Å². The summed E-state index contributed by atoms with van der Waals surface area (Å²) in [4.78, 5) is 29.7. The summed E-state index contributed by atoms with van der Waals surface area (Å²) in [5.74, 6) is -1.65. The third-order valence-electron chi connectivity index (χ3n) is 6.10. The largest absolute Gasteiger partial charge is 0.507 e. The van der Waals surface area contributed by atoms with E-state index in [9.17, 15) is 19.8 Å². The molecule has 1 aliphatic heterocycles. The molecule has 34 heavy (non-hydrogen) atoms. The van der Waals surface area contributed by atoms with Gasteiger partial charge >= 0.3 is 0 Å². The number of likely N-dealkylation sites (tertiary alicyclic amines) is 1. The van der Waals surface area contributed by atoms with Crippen molar-refractivity contribution in [3.05, 3.63) is 64.7 Å². The zero-order valence-corrected chi connectivity index (χ0v) is 20.8. The highest BCUT2D eigenvalue weighted by Crippen LogP contribution is 2.41. The Labute approximate surface area is 201 Å². The standard InChI is InChI=1S/C27H34N2O5/c1-27(2,3)18-10-8-17(9-11-18)23-22(24(31)20-13-12-19(34-6)16-21(20)30)25(32)26(33)29(23)15-7-14-28(4)5/h8-13,16,23,30-31H,7,14-15H2,1-6H3/t23-/m0/s1. The van der Waals surface area contributed by atoms with E-state index in [4.69, 9.17) is 4.74 Å². The van der Waals surface area contributed by atoms with Crippen molar-refractivity contribution in [2.24, 2.45) is 0 Å². The quantitative estimate of drug-likeness (QED) is 0.363. The number of carbonyl (C=O) groups is 2. The maximum atomic E-state index is 13.1. The van der Waals surface area contributed by atoms with Gasteiger partial charge in [0.05, 0.1) is 24.3 Å². The summed E-state index contributed by atoms with van der Waals surface area (Å²) in [6.45, 7) is 7.45. The Hall–Kier alpha value is -3.32. The first-order valence-electron chi connectivity index (χ1n) is 11.4. The van der Waals surface area contributed by atoms with Crippen molar-refractivity contribution in [1.29, 1.82) is 0 Å². The van der Waals surface area contributed by atoms with Gasteiger partial charge in [-0.15, -0.1) is 0 Å². The van der Waals surface area contributed by atoms with Crippen LogP contribution in [0, 0.1) is 0 Å². The number of ether oxygens (including phenoxy) is 1. The van der Waals surface area contributed by atoms with Gasteiger partial charge in [0.15, 0.2) is 0 Å². The third-order valence-corrected chi connectivity index (χ3v) is 6.10. The highest BCUT2D eigenvalue weighted by Gasteiger charge is 2.46. The molecule has 2 N–H and O–H groups in total. The first-order chi connectivity index (χ1) is 16.0. The number of amides is 1. The minimum absolute atomic E-state index is 0.0289. The Kier molecular flexibility index (Phi) is 7.36. The first kappa shape index (κ1) is 25.3. The van der Waals surface area contributed by atoms with Gasteiger partial charge in [0.25, 0.3) is 11.7 Å². The predicted octanol–water partition coefficient (Wildman–Crippen LogP) is 4.07. The molecule has 182 valence electrons. The lowest BCUT2D eigenvalue weighted by Gasteiger charge is -2.27. The molecule has 7 nitrogen and oxygen atoms in total. The molecule has 1 amide bonds. The van der Waals surface area contributed by atoms with Gasteiger partial charge in [-0.1, -0.05) is 45.0 Å². The summed E-state index contributed by atoms with van der Waals surface area (Å²) >= 11 is 0. The Bertz CT molecular complexity index is 1100. The normalized spacial score (nSPS) is 18.1. The van der Waals surface area contributed by atoms with Crippen molar-refractivity contribution in [3.8, 4) is 11.5 Å². The van der Waals surface area contributed by atoms with Crippen LogP contribution < -0.4 is 4.74 Å². The number of rotatable bonds is 7. The molecular formula is C27H34N2O5. The lowest BCUT2D eigenvalue weighted by atomic mass is 9.85. The molecule has 1 fully saturated rings. The van der Waals surface area contributed by atoms with E-state index in [2.05, 4.69) is 20.8 Å². The first-order valence-corrected chi connectivity index (χ1v) is 11.4. The second-order valence-electron chi connectivity index (χ2n) is 9.90. The monoisotopic (exact) mass is 466 g/mol. The average Bonchev–Trinajstić information content (AvgIpc) is 3.02. The summed E-state index contributed by atoms with van der Waals surface area (Å²) in [7, 11) is 5.36. The number of benzene rings is 2. The lowest BCUT2D eigenvalue weighted by Crippen LogP contribution is -2.32. The molecule has 0 bridgehead atoms. The maximum Gasteiger partial charge on any atom is 0.295 e. The Morgan fingerprint density at radius 3 is 2.26 bits per heavy atom. The molecule has 0 unspecified atom stereocenters. The fourth-order valence-corrected chi connectivity index (χ4v) is 4.16. The average molecular weight is 467 g/mol. The summed E-state index contributed by atoms with van der Waals surface area (Å²) in [5.41, 5.74) is 1.84. The zero-order chi connectivity index (χ0) is 25.2. The predicted molar refractivity (Wildman–Crippen MR) is 132 cm³/mol. The molecule has 1 heterocycles. The van der Waals surface area contributed by atoms with Crippen LogP contribution in [0.15, 0.2) is 48.0 Å². The smallest absolute Gasteiger partial charge is 0.295 e. The number of aliphatic hydroxyl groups excluding tert-OH is 1. The van der Waals surface area contributed by atoms with Crippen molar-refractivity contribution in [2.45, 2.75) is 38.6 Å². The Balaban J connectivity index is 2.13. The van der Waals surface area contributed by atoms with Crippen molar-refractivity contribution >= 4 is 17.4 Å². The van der Waals surface area contributed by atoms with Crippen molar-refractivity contribution in [3.63, 3.8) is 0 Å². The molecule has 2 aromatic rings. The van der Waals surface area contributed by atoms with E-state index in [1.165, 1.54) is 24.1 Å². The van der Waals surface area contributed by atoms with E-state index in [-0.39, 0.29) is 22.3 Å². The topological polar surface area (TPSA) is 90.3 Å². The van der Waals surface area contributed by atoms with Crippen LogP contribution in [0.25, 0.3) is 5.76 Å². The van der Waals surface area contributed by atoms with Gasteiger partial charge in [0.1, 0.15) is 17.3 Å². The van der Waals surface area contributed by atoms with Crippen LogP contribution >= 0.6 is 0 Å². The highest BCUT2D eigenvalue weighted by molar-refractivity contribution is 6.46. The van der Waals surface area contributed by atoms with Crippen molar-refractivity contribution in [1.82, 2.24) is 9.80 Å². The second-order valence-corrected chi connectivity index (χ2v) is 9.90. The van der Waals surface area contributed by atoms with E-state index in [1.807, 2.05) is 43.3 Å². The van der Waals surface area contributed by atoms with Gasteiger partial charge in [-0.2, -0.15) is 0 Å². The molecule has 2 aromatic carbocycles. The lowest BCUT2D eigenvalue weighted by molar-refractivity contribution is -0.139. The number of hydrogen-bond donors (Lipinski definition) is 2. The Morgan fingerprint density at radius 2 is 1.74 bits per heavy atom. The van der Waals surface area contributed by atoms with Crippen LogP contribution in [0.3, 0.4) is 0 Å². The number of phenolic OH excluding ortho intramolecular Hbond substituents is 1. The zero-order valence-electron chi connectivity index (χ0n) is 20.8. The number of phenols is 1. The molecular weight excluding hydrogens is 432 g/mol. The van der Waals surface area contributed by atoms with E-state index in [0.717, 1.165) is 17.7 Å². The van der Waals surface area contributed by atoms with Crippen LogP contribution in [0.4, 0.5) is 0 Å². The molecule has 0 aromatic heterocycles. The molecule has 0 spiro atoms. The number of aromatic hydroxyl groups is 1. The van der Waals surface area contributed by atoms with Crippen LogP contribution in [0.1, 0.15) is 49.9 Å². The van der Waals surface area contributed by atoms with Gasteiger partial charge in [-0.05, 0) is 55.7 Å². The van der Waals surface area contributed by atoms with Crippen LogP contribution in [0.5, 0.6) is 11.5 Å². The molecule has 1 aliphatic rings. The van der Waals surface area contributed by atoms with Gasteiger partial charge < -0.3 is 24.7 Å². The Morgan fingerprint density at radius 1 is 1.09 bits per heavy atom. The summed E-state index contributed by atoms with van der Waals surface area (Å²) in [5, 5.41) is 21.6. The number of hydrogen-bond acceptors (Lipinski definition) is 6. The molecule has 0 saturated carbocycles. The third kappa shape index (κ3) is 5.09. The highest BCUT2D eigenvalue weighted by atomic mass is 16.5. The summed E-state index contributed by atoms with van der Waals surface area (Å²) in [6, 6.07) is 11.4. The maximum absolute atomic E-state index is 13.1. The molecule has 0 aliphatic carbocycles. The van der Waals surface area contributed by atoms with E-state index in [0.29, 0.717) is 18.7 Å². The fraction of sp³-hybridized carbons (Fsp3) is 0.407. The van der Waals surface area contributed by atoms with Crippen molar-refractivity contribution in [2.75, 3.05) is 34.3 Å². The van der Waals surface area contributed by atoms with Crippen molar-refractivity contribution < 1.29 is 24.5 Å². The molecule has 1 saturated heterocycles. The molecule has 1 atom stereocenters. The van der Waals surface area contributed by atoms with Gasteiger partial charge in [0, 0.05) is 12.6 Å². The summed E-state index contributed by atoms with van der Waals surface area (Å²) in [6.07, 6.45) is 0.671. The summed E-state index contributed by atoms with van der Waals surface area (Å²) < 4.78 is 5.11. The van der Waals surface area contributed by atoms with Crippen LogP contribution in [0.2, 0.25) is 0 Å². The van der Waals surface area contributed by atoms with Gasteiger partial charge in [0.2, 0.25) is 0 Å². The van der Waals surface area contributed by atoms with Gasteiger partial charge in [-0.3, -0.25) is 9.59 Å². The fourth-order valence-electron chi connectivity index (χ4n) is 4.16. The van der Waals surface area contributed by atoms with E-state index < -0.39 is 23.5 Å². The number of Topliss-reactive ketones (excluding diaryl/α,β-unsaturated/α-hetero) is 1. The second kappa shape index (κ2) is 9.89. The molecule has 0 radical (unpaired) electrons. The molecule has 3 rings (SSSR count).